The summed E-state index contributed by atoms with van der Waals surface area (Å²) < 4.78 is 12.1. The topological polar surface area (TPSA) is 143 Å². The maximum atomic E-state index is 12.7. The minimum Gasteiger partial charge on any atom is -0.478 e. The van der Waals surface area contributed by atoms with Gasteiger partial charge in [0.1, 0.15) is 29.6 Å². The van der Waals surface area contributed by atoms with E-state index < -0.39 is 17.8 Å². The van der Waals surface area contributed by atoms with Crippen LogP contribution < -0.4 is 20.3 Å². The third-order valence-electron chi connectivity index (χ3n) is 8.66. The Hall–Kier alpha value is -6.91. The fraction of sp³-hybridized carbons (Fsp3) is 0.0930. The lowest BCUT2D eigenvalue weighted by molar-refractivity contribution is 0.0682. The molecule has 0 heterocycles. The second-order valence-electron chi connectivity index (χ2n) is 12.6. The molecule has 266 valence electrons. The van der Waals surface area contributed by atoms with Gasteiger partial charge in [0.25, 0.3) is 5.91 Å². The van der Waals surface area contributed by atoms with Crippen molar-refractivity contribution in [2.24, 2.45) is 0 Å². The number of hydrogen-bond acceptors (Lipinski definition) is 7. The summed E-state index contributed by atoms with van der Waals surface area (Å²) in [6.45, 7) is 4.39. The van der Waals surface area contributed by atoms with Gasteiger partial charge in [-0.05, 0) is 108 Å². The van der Waals surface area contributed by atoms with Crippen LogP contribution in [-0.2, 0) is 16.9 Å². The standard InChI is InChI=1S/C43H36N2O8/c1-43(2,29-11-19-33(20-12-29)52-35-23-15-31(16-24-35)44-40(46)38-9-5-6-10-39(38)42(49)50)30-13-21-34(22-14-30)53-36-25-17-32(18-26-36)45-51-27-28-7-3-4-8-37(28)41(47)48/h3-26,45H,27H2,1-2H3,(H,44,46)(H,47,48)(H,49,50). The molecular weight excluding hydrogens is 672 g/mol. The van der Waals surface area contributed by atoms with Crippen molar-refractivity contribution in [1.29, 1.82) is 0 Å². The van der Waals surface area contributed by atoms with Crippen LogP contribution in [0, 0.1) is 0 Å². The molecule has 10 nitrogen and oxygen atoms in total. The summed E-state index contributed by atoms with van der Waals surface area (Å²) in [5.74, 6) is -0.115. The van der Waals surface area contributed by atoms with Crippen molar-refractivity contribution in [2.75, 3.05) is 10.8 Å². The Morgan fingerprint density at radius 2 is 0.943 bits per heavy atom. The van der Waals surface area contributed by atoms with E-state index in [1.165, 1.54) is 12.1 Å². The summed E-state index contributed by atoms with van der Waals surface area (Å²) in [5, 5.41) is 21.4. The van der Waals surface area contributed by atoms with E-state index in [0.29, 0.717) is 39.9 Å². The van der Waals surface area contributed by atoms with Gasteiger partial charge in [-0.1, -0.05) is 68.4 Å². The quantitative estimate of drug-likeness (QED) is 0.0813. The molecule has 0 saturated carbocycles. The van der Waals surface area contributed by atoms with E-state index in [9.17, 15) is 24.6 Å². The predicted octanol–water partition coefficient (Wildman–Crippen LogP) is 9.79. The van der Waals surface area contributed by atoms with E-state index in [0.717, 1.165) is 11.1 Å². The molecule has 0 fully saturated rings. The highest BCUT2D eigenvalue weighted by Gasteiger charge is 2.23. The number of rotatable bonds is 14. The van der Waals surface area contributed by atoms with Crippen LogP contribution in [0.4, 0.5) is 11.4 Å². The molecule has 0 atom stereocenters. The third kappa shape index (κ3) is 8.88. The number of carboxylic acids is 2. The van der Waals surface area contributed by atoms with Gasteiger partial charge in [-0.3, -0.25) is 15.1 Å². The molecule has 4 N–H and O–H groups in total. The highest BCUT2D eigenvalue weighted by Crippen LogP contribution is 2.35. The van der Waals surface area contributed by atoms with E-state index in [-0.39, 0.29) is 28.7 Å². The molecule has 0 aliphatic carbocycles. The predicted molar refractivity (Wildman–Crippen MR) is 201 cm³/mol. The van der Waals surface area contributed by atoms with Gasteiger partial charge in [0.15, 0.2) is 0 Å². The van der Waals surface area contributed by atoms with E-state index in [4.69, 9.17) is 14.3 Å². The molecular formula is C43H36N2O8. The molecule has 6 aromatic rings. The first-order valence-electron chi connectivity index (χ1n) is 16.7. The van der Waals surface area contributed by atoms with Crippen LogP contribution in [0.15, 0.2) is 146 Å². The Morgan fingerprint density at radius 1 is 0.528 bits per heavy atom. The van der Waals surface area contributed by atoms with Crippen molar-refractivity contribution in [2.45, 2.75) is 25.9 Å². The van der Waals surface area contributed by atoms with Gasteiger partial charge in [0, 0.05) is 11.1 Å². The molecule has 0 bridgehead atoms. The Morgan fingerprint density at radius 3 is 1.43 bits per heavy atom. The molecule has 6 rings (SSSR count). The normalized spacial score (nSPS) is 11.0. The van der Waals surface area contributed by atoms with Gasteiger partial charge in [0.2, 0.25) is 0 Å². The van der Waals surface area contributed by atoms with Crippen LogP contribution in [0.2, 0.25) is 0 Å². The van der Waals surface area contributed by atoms with Crippen molar-refractivity contribution >= 4 is 29.2 Å². The number of hydrogen-bond donors (Lipinski definition) is 4. The fourth-order valence-electron chi connectivity index (χ4n) is 5.63. The summed E-state index contributed by atoms with van der Waals surface area (Å²) in [4.78, 5) is 41.1. The van der Waals surface area contributed by atoms with Crippen LogP contribution in [0.5, 0.6) is 23.0 Å². The van der Waals surface area contributed by atoms with Gasteiger partial charge >= 0.3 is 11.9 Å². The number of anilines is 2. The molecule has 6 aromatic carbocycles. The van der Waals surface area contributed by atoms with Gasteiger partial charge in [-0.2, -0.15) is 0 Å². The molecule has 0 aliphatic rings. The monoisotopic (exact) mass is 708 g/mol. The SMILES string of the molecule is CC(C)(c1ccc(Oc2ccc(NOCc3ccccc3C(=O)O)cc2)cc1)c1ccc(Oc2ccc(NC(=O)c3ccccc3C(=O)O)cc2)cc1. The first-order chi connectivity index (χ1) is 25.6. The number of ether oxygens (including phenoxy) is 2. The summed E-state index contributed by atoms with van der Waals surface area (Å²) >= 11 is 0. The first kappa shape index (κ1) is 35.9. The number of carbonyl (C=O) groups is 3. The number of carboxylic acid groups (broad SMARTS) is 2. The van der Waals surface area contributed by atoms with Crippen molar-refractivity contribution < 1.29 is 38.9 Å². The van der Waals surface area contributed by atoms with Gasteiger partial charge in [-0.25, -0.2) is 9.59 Å². The molecule has 1 amide bonds. The minimum atomic E-state index is -1.17. The van der Waals surface area contributed by atoms with E-state index in [1.807, 2.05) is 72.8 Å². The lowest BCUT2D eigenvalue weighted by atomic mass is 9.78. The number of carbonyl (C=O) groups excluding carboxylic acids is 1. The largest absolute Gasteiger partial charge is 0.478 e. The van der Waals surface area contributed by atoms with Gasteiger partial charge < -0.3 is 25.0 Å². The van der Waals surface area contributed by atoms with E-state index in [1.54, 1.807) is 60.7 Å². The Bertz CT molecular complexity index is 2210. The minimum absolute atomic E-state index is 0.0661. The summed E-state index contributed by atoms with van der Waals surface area (Å²) in [6, 6.07) is 42.7. The molecule has 0 aliphatic heterocycles. The Balaban J connectivity index is 1.01. The second kappa shape index (κ2) is 16.0. The smallest absolute Gasteiger partial charge is 0.336 e. The summed E-state index contributed by atoms with van der Waals surface area (Å²) in [5.41, 5.74) is 6.70. The summed E-state index contributed by atoms with van der Waals surface area (Å²) in [7, 11) is 0. The lowest BCUT2D eigenvalue weighted by Crippen LogP contribution is -2.18. The molecule has 10 heteroatoms. The fourth-order valence-corrected chi connectivity index (χ4v) is 5.63. The first-order valence-corrected chi connectivity index (χ1v) is 16.7. The summed E-state index contributed by atoms with van der Waals surface area (Å²) in [6.07, 6.45) is 0. The molecule has 0 radical (unpaired) electrons. The van der Waals surface area contributed by atoms with Gasteiger partial charge in [-0.15, -0.1) is 0 Å². The molecule has 53 heavy (non-hydrogen) atoms. The maximum absolute atomic E-state index is 12.7. The van der Waals surface area contributed by atoms with Crippen LogP contribution in [-0.4, -0.2) is 28.1 Å². The van der Waals surface area contributed by atoms with Crippen molar-refractivity contribution in [3.05, 3.63) is 179 Å². The molecule has 0 unspecified atom stereocenters. The number of amides is 1. The van der Waals surface area contributed by atoms with Crippen LogP contribution in [0.3, 0.4) is 0 Å². The number of benzene rings is 6. The van der Waals surface area contributed by atoms with E-state index >= 15 is 0 Å². The molecule has 0 spiro atoms. The Kier molecular flexibility index (Phi) is 10.8. The molecule has 0 saturated heterocycles. The highest BCUT2D eigenvalue weighted by atomic mass is 16.6. The number of aromatic carboxylic acids is 2. The lowest BCUT2D eigenvalue weighted by Gasteiger charge is -2.26. The average molecular weight is 709 g/mol. The van der Waals surface area contributed by atoms with Gasteiger partial charge in [0.05, 0.1) is 22.4 Å². The number of nitrogens with one attached hydrogen (secondary N) is 2. The Labute approximate surface area is 306 Å². The van der Waals surface area contributed by atoms with Crippen molar-refractivity contribution in [3.63, 3.8) is 0 Å². The van der Waals surface area contributed by atoms with Crippen LogP contribution in [0.1, 0.15) is 61.6 Å². The van der Waals surface area contributed by atoms with Crippen molar-refractivity contribution in [1.82, 2.24) is 0 Å². The van der Waals surface area contributed by atoms with Crippen molar-refractivity contribution in [3.8, 4) is 23.0 Å². The zero-order valence-corrected chi connectivity index (χ0v) is 28.9. The highest BCUT2D eigenvalue weighted by molar-refractivity contribution is 6.10. The average Bonchev–Trinajstić information content (AvgIpc) is 3.17. The maximum Gasteiger partial charge on any atom is 0.336 e. The zero-order valence-electron chi connectivity index (χ0n) is 28.9. The second-order valence-corrected chi connectivity index (χ2v) is 12.6. The zero-order chi connectivity index (χ0) is 37.4. The van der Waals surface area contributed by atoms with Crippen LogP contribution in [0.25, 0.3) is 0 Å². The third-order valence-corrected chi connectivity index (χ3v) is 8.66. The molecule has 0 aromatic heterocycles. The van der Waals surface area contributed by atoms with E-state index in [2.05, 4.69) is 24.6 Å². The van der Waals surface area contributed by atoms with Crippen LogP contribution >= 0.6 is 0 Å².